The largest absolute Gasteiger partial charge is 0.495 e. The number of nitrogens with two attached hydrogens (primary N) is 1. The molecule has 0 aromatic heterocycles. The van der Waals surface area contributed by atoms with Gasteiger partial charge in [-0.2, -0.15) is 13.2 Å². The fourth-order valence-corrected chi connectivity index (χ4v) is 2.78. The van der Waals surface area contributed by atoms with Crippen molar-refractivity contribution in [2.24, 2.45) is 0 Å². The van der Waals surface area contributed by atoms with Crippen LogP contribution in [0.5, 0.6) is 5.75 Å². The monoisotopic (exact) mass is 375 g/mol. The first-order chi connectivity index (χ1) is 11.9. The van der Waals surface area contributed by atoms with E-state index in [0.717, 1.165) is 4.90 Å². The second-order valence-electron chi connectivity index (χ2n) is 7.11. The van der Waals surface area contributed by atoms with Crippen LogP contribution < -0.4 is 15.4 Å². The number of amides is 1. The number of carbonyl (C=O) groups is 1. The van der Waals surface area contributed by atoms with E-state index in [4.69, 9.17) is 15.2 Å². The van der Waals surface area contributed by atoms with Crippen LogP contribution in [0.2, 0.25) is 0 Å². The molecule has 2 N–H and O–H groups in total. The number of nitrogens with zero attached hydrogens (tertiary/aromatic N) is 2. The topological polar surface area (TPSA) is 68.0 Å². The first-order valence-corrected chi connectivity index (χ1v) is 8.17. The van der Waals surface area contributed by atoms with Crippen molar-refractivity contribution < 1.29 is 27.4 Å². The Kier molecular flexibility index (Phi) is 5.48. The molecule has 0 bridgehead atoms. The molecule has 6 nitrogen and oxygen atoms in total. The summed E-state index contributed by atoms with van der Waals surface area (Å²) in [5.74, 6) is 0.386. The molecule has 1 unspecified atom stereocenters. The molecule has 26 heavy (non-hydrogen) atoms. The lowest BCUT2D eigenvalue weighted by molar-refractivity contribution is -0.181. The van der Waals surface area contributed by atoms with Crippen molar-refractivity contribution in [2.75, 3.05) is 37.4 Å². The Morgan fingerprint density at radius 3 is 2.42 bits per heavy atom. The van der Waals surface area contributed by atoms with Gasteiger partial charge < -0.3 is 20.1 Å². The predicted molar refractivity (Wildman–Crippen MR) is 92.4 cm³/mol. The number of hydrogen-bond donors (Lipinski definition) is 1. The molecule has 0 saturated carbocycles. The zero-order valence-electron chi connectivity index (χ0n) is 15.3. The summed E-state index contributed by atoms with van der Waals surface area (Å²) in [6, 6.07) is 2.79. The number of hydrogen-bond acceptors (Lipinski definition) is 5. The van der Waals surface area contributed by atoms with Gasteiger partial charge in [0, 0.05) is 31.4 Å². The van der Waals surface area contributed by atoms with Crippen molar-refractivity contribution in [3.63, 3.8) is 0 Å². The molecule has 1 aliphatic rings. The summed E-state index contributed by atoms with van der Waals surface area (Å²) in [4.78, 5) is 14.5. The van der Waals surface area contributed by atoms with Gasteiger partial charge >= 0.3 is 12.3 Å². The molecule has 1 atom stereocenters. The number of rotatable bonds is 2. The van der Waals surface area contributed by atoms with Crippen LogP contribution >= 0.6 is 0 Å². The fourth-order valence-electron chi connectivity index (χ4n) is 2.78. The maximum absolute atomic E-state index is 13.6. The van der Waals surface area contributed by atoms with E-state index in [2.05, 4.69) is 0 Å². The Balaban J connectivity index is 2.27. The summed E-state index contributed by atoms with van der Waals surface area (Å²) < 4.78 is 51.1. The summed E-state index contributed by atoms with van der Waals surface area (Å²) in [5, 5.41) is 0. The molecule has 1 amide bonds. The van der Waals surface area contributed by atoms with Gasteiger partial charge in [-0.3, -0.25) is 4.90 Å². The van der Waals surface area contributed by atoms with Gasteiger partial charge in [-0.05, 0) is 32.9 Å². The highest BCUT2D eigenvalue weighted by Gasteiger charge is 2.49. The van der Waals surface area contributed by atoms with Crippen molar-refractivity contribution in [3.05, 3.63) is 18.2 Å². The molecule has 1 aromatic carbocycles. The first kappa shape index (κ1) is 20.0. The maximum Gasteiger partial charge on any atom is 0.410 e. The number of ether oxygens (including phenoxy) is 2. The van der Waals surface area contributed by atoms with Crippen LogP contribution in [0.4, 0.5) is 29.3 Å². The van der Waals surface area contributed by atoms with Crippen molar-refractivity contribution in [1.29, 1.82) is 0 Å². The highest BCUT2D eigenvalue weighted by Crippen LogP contribution is 2.35. The van der Waals surface area contributed by atoms with Crippen LogP contribution in [-0.2, 0) is 4.74 Å². The molecular weight excluding hydrogens is 351 g/mol. The Morgan fingerprint density at radius 1 is 1.23 bits per heavy atom. The van der Waals surface area contributed by atoms with Crippen LogP contribution in [0.3, 0.4) is 0 Å². The number of halogens is 3. The number of alkyl halides is 3. The summed E-state index contributed by atoms with van der Waals surface area (Å²) in [5.41, 5.74) is 5.78. The molecule has 1 aliphatic heterocycles. The zero-order chi connectivity index (χ0) is 19.7. The predicted octanol–water partition coefficient (Wildman–Crippen LogP) is 3.27. The lowest BCUT2D eigenvalue weighted by Crippen LogP contribution is -2.61. The van der Waals surface area contributed by atoms with Crippen molar-refractivity contribution in [1.82, 2.24) is 4.90 Å². The van der Waals surface area contributed by atoms with Gasteiger partial charge in [0.1, 0.15) is 17.4 Å². The third-order valence-corrected chi connectivity index (χ3v) is 3.93. The third-order valence-electron chi connectivity index (χ3n) is 3.93. The highest BCUT2D eigenvalue weighted by atomic mass is 19.4. The van der Waals surface area contributed by atoms with Gasteiger partial charge in [-0.1, -0.05) is 0 Å². The van der Waals surface area contributed by atoms with Gasteiger partial charge in [-0.25, -0.2) is 4.79 Å². The number of carbonyl (C=O) groups excluding carboxylic acids is 1. The average molecular weight is 375 g/mol. The molecule has 0 spiro atoms. The minimum atomic E-state index is -4.59. The summed E-state index contributed by atoms with van der Waals surface area (Å²) in [6.07, 6.45) is -5.56. The second kappa shape index (κ2) is 7.13. The van der Waals surface area contributed by atoms with E-state index in [0.29, 0.717) is 17.1 Å². The molecule has 0 radical (unpaired) electrons. The number of nitrogen functional groups attached to an aromatic ring is 1. The standard InChI is InChI=1S/C17H24F3N3O3/c1-16(2,3)26-15(24)23-8-7-22(10-14(23)17(18,19)20)12-6-5-11(21)9-13(12)25-4/h5-6,9,14H,7-8,10,21H2,1-4H3. The Labute approximate surface area is 150 Å². The molecule has 9 heteroatoms. The lowest BCUT2D eigenvalue weighted by Gasteiger charge is -2.43. The molecule has 2 rings (SSSR count). The van der Waals surface area contributed by atoms with E-state index < -0.39 is 30.5 Å². The number of benzene rings is 1. The number of piperazine rings is 1. The number of anilines is 2. The molecule has 0 aliphatic carbocycles. The quantitative estimate of drug-likeness (QED) is 0.804. The smallest absolute Gasteiger partial charge is 0.410 e. The highest BCUT2D eigenvalue weighted by molar-refractivity contribution is 5.70. The SMILES string of the molecule is COc1cc(N)ccc1N1CCN(C(=O)OC(C)(C)C)C(C(F)(F)F)C1. The van der Waals surface area contributed by atoms with Crippen LogP contribution in [-0.4, -0.2) is 55.6 Å². The van der Waals surface area contributed by atoms with Gasteiger partial charge in [0.15, 0.2) is 0 Å². The second-order valence-corrected chi connectivity index (χ2v) is 7.11. The molecule has 1 fully saturated rings. The Bertz CT molecular complexity index is 659. The number of methoxy groups -OCH3 is 1. The maximum atomic E-state index is 13.6. The van der Waals surface area contributed by atoms with Crippen LogP contribution in [0.25, 0.3) is 0 Å². The Hall–Kier alpha value is -2.32. The summed E-state index contributed by atoms with van der Waals surface area (Å²) in [6.45, 7) is 4.52. The molecule has 1 aromatic rings. The van der Waals surface area contributed by atoms with E-state index in [1.165, 1.54) is 12.0 Å². The molecular formula is C17H24F3N3O3. The molecule has 1 saturated heterocycles. The first-order valence-electron chi connectivity index (χ1n) is 8.17. The van der Waals surface area contributed by atoms with E-state index in [-0.39, 0.29) is 13.1 Å². The van der Waals surface area contributed by atoms with Gasteiger partial charge in [-0.15, -0.1) is 0 Å². The summed E-state index contributed by atoms with van der Waals surface area (Å²) in [7, 11) is 1.43. The van der Waals surface area contributed by atoms with Crippen LogP contribution in [0.1, 0.15) is 20.8 Å². The van der Waals surface area contributed by atoms with E-state index in [1.54, 1.807) is 39.0 Å². The lowest BCUT2D eigenvalue weighted by atomic mass is 10.1. The van der Waals surface area contributed by atoms with Crippen molar-refractivity contribution in [2.45, 2.75) is 38.6 Å². The van der Waals surface area contributed by atoms with E-state index in [9.17, 15) is 18.0 Å². The van der Waals surface area contributed by atoms with E-state index >= 15 is 0 Å². The minimum Gasteiger partial charge on any atom is -0.495 e. The van der Waals surface area contributed by atoms with Gasteiger partial charge in [0.25, 0.3) is 0 Å². The van der Waals surface area contributed by atoms with Crippen LogP contribution in [0, 0.1) is 0 Å². The zero-order valence-corrected chi connectivity index (χ0v) is 15.3. The minimum absolute atomic E-state index is 0.118. The van der Waals surface area contributed by atoms with Crippen LogP contribution in [0.15, 0.2) is 18.2 Å². The Morgan fingerprint density at radius 2 is 1.88 bits per heavy atom. The molecule has 1 heterocycles. The van der Waals surface area contributed by atoms with Crippen molar-refractivity contribution in [3.8, 4) is 5.75 Å². The summed E-state index contributed by atoms with van der Waals surface area (Å²) >= 11 is 0. The van der Waals surface area contributed by atoms with Gasteiger partial charge in [0.05, 0.1) is 12.8 Å². The van der Waals surface area contributed by atoms with Gasteiger partial charge in [0.2, 0.25) is 0 Å². The van der Waals surface area contributed by atoms with E-state index in [1.807, 2.05) is 0 Å². The normalized spacial score (nSPS) is 18.7. The third kappa shape index (κ3) is 4.64. The average Bonchev–Trinajstić information content (AvgIpc) is 2.51. The molecule has 146 valence electrons. The fraction of sp³-hybridized carbons (Fsp3) is 0.588. The van der Waals surface area contributed by atoms with Crippen molar-refractivity contribution >= 4 is 17.5 Å².